The third kappa shape index (κ3) is 2.29. The van der Waals surface area contributed by atoms with E-state index >= 15 is 0 Å². The van der Waals surface area contributed by atoms with Crippen LogP contribution in [0.4, 0.5) is 4.39 Å². The van der Waals surface area contributed by atoms with Crippen molar-refractivity contribution < 1.29 is 14.0 Å². The maximum absolute atomic E-state index is 12.6. The number of hydrogen-bond donors (Lipinski definition) is 0. The Balaban J connectivity index is 2.83. The zero-order valence-electron chi connectivity index (χ0n) is 8.16. The van der Waals surface area contributed by atoms with E-state index in [0.29, 0.717) is 12.1 Å². The average molecular weight is 197 g/mol. The molecular formula is C10H12FNO2. The molecular weight excluding hydrogens is 185 g/mol. The summed E-state index contributed by atoms with van der Waals surface area (Å²) in [6.45, 7) is 2.25. The number of rotatable bonds is 3. The first-order valence-corrected chi connectivity index (χ1v) is 4.30. The van der Waals surface area contributed by atoms with Gasteiger partial charge < -0.3 is 0 Å². The molecule has 4 heteroatoms. The molecule has 1 rings (SSSR count). The van der Waals surface area contributed by atoms with Crippen molar-refractivity contribution in [1.82, 2.24) is 5.06 Å². The van der Waals surface area contributed by atoms with Gasteiger partial charge in [0.15, 0.2) is 0 Å². The number of carbonyl (C=O) groups excluding carboxylic acids is 1. The van der Waals surface area contributed by atoms with Crippen LogP contribution in [-0.4, -0.2) is 24.6 Å². The van der Waals surface area contributed by atoms with Gasteiger partial charge in [-0.2, -0.15) is 0 Å². The molecule has 0 aliphatic rings. The summed E-state index contributed by atoms with van der Waals surface area (Å²) in [6.07, 6.45) is 0. The fourth-order valence-corrected chi connectivity index (χ4v) is 1.09. The maximum atomic E-state index is 12.6. The number of halogens is 1. The Morgan fingerprint density at radius 2 is 2.00 bits per heavy atom. The Morgan fingerprint density at radius 3 is 2.43 bits per heavy atom. The van der Waals surface area contributed by atoms with Crippen LogP contribution in [0.5, 0.6) is 0 Å². The molecule has 0 saturated carbocycles. The van der Waals surface area contributed by atoms with Crippen molar-refractivity contribution in [2.45, 2.75) is 6.92 Å². The molecule has 0 saturated heterocycles. The third-order valence-electron chi connectivity index (χ3n) is 1.83. The van der Waals surface area contributed by atoms with E-state index in [4.69, 9.17) is 4.84 Å². The Hall–Kier alpha value is -1.42. The van der Waals surface area contributed by atoms with E-state index in [1.165, 1.54) is 36.4 Å². The molecule has 1 amide bonds. The van der Waals surface area contributed by atoms with Gasteiger partial charge in [0.25, 0.3) is 5.91 Å². The van der Waals surface area contributed by atoms with Gasteiger partial charge >= 0.3 is 0 Å². The Labute approximate surface area is 82.0 Å². The van der Waals surface area contributed by atoms with Crippen LogP contribution in [0.15, 0.2) is 24.3 Å². The van der Waals surface area contributed by atoms with Crippen LogP contribution in [0.3, 0.4) is 0 Å². The van der Waals surface area contributed by atoms with E-state index in [2.05, 4.69) is 0 Å². The summed E-state index contributed by atoms with van der Waals surface area (Å²) in [7, 11) is 1.42. The van der Waals surface area contributed by atoms with Gasteiger partial charge in [0.05, 0.1) is 7.11 Å². The third-order valence-corrected chi connectivity index (χ3v) is 1.83. The van der Waals surface area contributed by atoms with Gasteiger partial charge in [0.2, 0.25) is 0 Å². The highest BCUT2D eigenvalue weighted by molar-refractivity contribution is 5.93. The second-order valence-electron chi connectivity index (χ2n) is 2.69. The molecule has 3 nitrogen and oxygen atoms in total. The van der Waals surface area contributed by atoms with Crippen LogP contribution in [0.25, 0.3) is 0 Å². The van der Waals surface area contributed by atoms with E-state index in [0.717, 1.165) is 0 Å². The number of hydroxylamine groups is 2. The van der Waals surface area contributed by atoms with Crippen molar-refractivity contribution in [3.63, 3.8) is 0 Å². The lowest BCUT2D eigenvalue weighted by molar-refractivity contribution is -0.0915. The first-order chi connectivity index (χ1) is 6.69. The zero-order valence-corrected chi connectivity index (χ0v) is 8.16. The highest BCUT2D eigenvalue weighted by Gasteiger charge is 2.12. The quantitative estimate of drug-likeness (QED) is 0.692. The van der Waals surface area contributed by atoms with Crippen molar-refractivity contribution in [3.05, 3.63) is 35.6 Å². The molecule has 14 heavy (non-hydrogen) atoms. The van der Waals surface area contributed by atoms with E-state index in [-0.39, 0.29) is 11.7 Å². The topological polar surface area (TPSA) is 29.5 Å². The summed E-state index contributed by atoms with van der Waals surface area (Å²) in [4.78, 5) is 16.4. The lowest BCUT2D eigenvalue weighted by Crippen LogP contribution is -2.29. The first-order valence-electron chi connectivity index (χ1n) is 4.30. The molecule has 0 heterocycles. The van der Waals surface area contributed by atoms with Crippen LogP contribution in [-0.2, 0) is 4.84 Å². The maximum Gasteiger partial charge on any atom is 0.277 e. The number of nitrogens with zero attached hydrogens (tertiary/aromatic N) is 1. The predicted molar refractivity (Wildman–Crippen MR) is 50.1 cm³/mol. The molecule has 0 aromatic heterocycles. The van der Waals surface area contributed by atoms with Gasteiger partial charge in [0.1, 0.15) is 5.82 Å². The van der Waals surface area contributed by atoms with E-state index in [1.54, 1.807) is 6.92 Å². The minimum atomic E-state index is -0.359. The second-order valence-corrected chi connectivity index (χ2v) is 2.69. The van der Waals surface area contributed by atoms with Crippen molar-refractivity contribution in [1.29, 1.82) is 0 Å². The summed E-state index contributed by atoms with van der Waals surface area (Å²) in [5.41, 5.74) is 0.412. The predicted octanol–water partition coefficient (Wildman–Crippen LogP) is 1.85. The monoisotopic (exact) mass is 197 g/mol. The number of hydrogen-bond acceptors (Lipinski definition) is 2. The smallest absolute Gasteiger partial charge is 0.274 e. The lowest BCUT2D eigenvalue weighted by Gasteiger charge is -2.17. The molecule has 0 aliphatic carbocycles. The molecule has 0 aliphatic heterocycles. The fraction of sp³-hybridized carbons (Fsp3) is 0.300. The van der Waals surface area contributed by atoms with Gasteiger partial charge in [-0.05, 0) is 31.2 Å². The minimum absolute atomic E-state index is 0.269. The molecule has 1 aromatic carbocycles. The zero-order chi connectivity index (χ0) is 10.6. The Morgan fingerprint density at radius 1 is 1.43 bits per heavy atom. The van der Waals surface area contributed by atoms with Gasteiger partial charge in [-0.15, -0.1) is 0 Å². The Bertz CT molecular complexity index is 306. The number of carbonyl (C=O) groups is 1. The fourth-order valence-electron chi connectivity index (χ4n) is 1.09. The largest absolute Gasteiger partial charge is 0.277 e. The van der Waals surface area contributed by atoms with Crippen LogP contribution in [0.1, 0.15) is 17.3 Å². The van der Waals surface area contributed by atoms with Crippen LogP contribution in [0, 0.1) is 5.82 Å². The molecule has 0 atom stereocenters. The highest BCUT2D eigenvalue weighted by Crippen LogP contribution is 2.06. The van der Waals surface area contributed by atoms with Crippen LogP contribution >= 0.6 is 0 Å². The molecule has 0 radical (unpaired) electrons. The van der Waals surface area contributed by atoms with Crippen LogP contribution in [0.2, 0.25) is 0 Å². The molecule has 0 bridgehead atoms. The van der Waals surface area contributed by atoms with Gasteiger partial charge in [-0.25, -0.2) is 9.45 Å². The summed E-state index contributed by atoms with van der Waals surface area (Å²) in [5, 5.41) is 1.20. The average Bonchev–Trinajstić information content (AvgIpc) is 2.20. The first kappa shape index (κ1) is 10.7. The lowest BCUT2D eigenvalue weighted by atomic mass is 10.2. The van der Waals surface area contributed by atoms with E-state index < -0.39 is 0 Å². The molecule has 0 spiro atoms. The standard InChI is InChI=1S/C10H12FNO2/c1-3-12(14-2)10(13)8-4-6-9(11)7-5-8/h4-7H,3H2,1-2H3. The highest BCUT2D eigenvalue weighted by atomic mass is 19.1. The summed E-state index contributed by atoms with van der Waals surface area (Å²) >= 11 is 0. The van der Waals surface area contributed by atoms with Crippen molar-refractivity contribution in [2.75, 3.05) is 13.7 Å². The summed E-state index contributed by atoms with van der Waals surface area (Å²) in [5.74, 6) is -0.628. The van der Waals surface area contributed by atoms with Gasteiger partial charge in [0, 0.05) is 12.1 Å². The summed E-state index contributed by atoms with van der Waals surface area (Å²) < 4.78 is 12.6. The van der Waals surface area contributed by atoms with E-state index in [1.807, 2.05) is 0 Å². The molecule has 76 valence electrons. The second kappa shape index (κ2) is 4.72. The van der Waals surface area contributed by atoms with Gasteiger partial charge in [-0.1, -0.05) is 0 Å². The number of amides is 1. The van der Waals surface area contributed by atoms with Crippen LogP contribution < -0.4 is 0 Å². The summed E-state index contributed by atoms with van der Waals surface area (Å²) in [6, 6.07) is 5.35. The van der Waals surface area contributed by atoms with Crippen molar-refractivity contribution in [2.24, 2.45) is 0 Å². The SMILES string of the molecule is CCN(OC)C(=O)c1ccc(F)cc1. The molecule has 0 fully saturated rings. The minimum Gasteiger partial charge on any atom is -0.274 e. The van der Waals surface area contributed by atoms with E-state index in [9.17, 15) is 9.18 Å². The van der Waals surface area contributed by atoms with Gasteiger partial charge in [-0.3, -0.25) is 9.63 Å². The van der Waals surface area contributed by atoms with Crippen molar-refractivity contribution in [3.8, 4) is 0 Å². The molecule has 0 N–H and O–H groups in total. The Kier molecular flexibility index (Phi) is 3.59. The molecule has 0 unspecified atom stereocenters. The normalized spacial score (nSPS) is 9.93. The van der Waals surface area contributed by atoms with Crippen molar-refractivity contribution >= 4 is 5.91 Å². The number of benzene rings is 1. The molecule has 1 aromatic rings.